The fourth-order valence-electron chi connectivity index (χ4n) is 1.10. The van der Waals surface area contributed by atoms with Gasteiger partial charge in [-0.25, -0.2) is 0 Å². The summed E-state index contributed by atoms with van der Waals surface area (Å²) >= 11 is 0. The first kappa shape index (κ1) is 6.88. The van der Waals surface area contributed by atoms with Crippen LogP contribution in [-0.2, 0) is 0 Å². The van der Waals surface area contributed by atoms with Gasteiger partial charge in [0.25, 0.3) is 0 Å². The molecule has 1 rings (SSSR count). The lowest BCUT2D eigenvalue weighted by Crippen LogP contribution is -1.81. The highest BCUT2D eigenvalue weighted by Gasteiger charge is 2.08. The van der Waals surface area contributed by atoms with Crippen molar-refractivity contribution in [2.45, 2.75) is 19.3 Å². The number of aliphatic hydroxyl groups is 1. The Labute approximate surface area is 60.1 Å². The van der Waals surface area contributed by atoms with Crippen LogP contribution >= 0.6 is 0 Å². The summed E-state index contributed by atoms with van der Waals surface area (Å²) in [4.78, 5) is 0. The first-order valence-electron chi connectivity index (χ1n) is 3.32. The van der Waals surface area contributed by atoms with Gasteiger partial charge in [0.15, 0.2) is 0 Å². The Morgan fingerprint density at radius 3 is 3.00 bits per heavy atom. The van der Waals surface area contributed by atoms with Gasteiger partial charge in [0.05, 0.1) is 11.8 Å². The van der Waals surface area contributed by atoms with Gasteiger partial charge in [-0.05, 0) is 24.8 Å². The van der Waals surface area contributed by atoms with Gasteiger partial charge in [-0.2, -0.15) is 5.26 Å². The van der Waals surface area contributed by atoms with Crippen molar-refractivity contribution < 1.29 is 5.11 Å². The van der Waals surface area contributed by atoms with Crippen molar-refractivity contribution in [2.24, 2.45) is 0 Å². The number of hydrogen-bond donors (Lipinski definition) is 1. The Balaban J connectivity index is 2.74. The molecule has 0 aliphatic heterocycles. The first-order valence-corrected chi connectivity index (χ1v) is 3.32. The van der Waals surface area contributed by atoms with Crippen molar-refractivity contribution in [1.82, 2.24) is 0 Å². The van der Waals surface area contributed by atoms with Crippen molar-refractivity contribution in [3.8, 4) is 6.07 Å². The fourth-order valence-corrected chi connectivity index (χ4v) is 1.10. The van der Waals surface area contributed by atoms with E-state index in [1.54, 1.807) is 0 Å². The van der Waals surface area contributed by atoms with Gasteiger partial charge in [-0.1, -0.05) is 6.08 Å². The zero-order valence-corrected chi connectivity index (χ0v) is 5.67. The van der Waals surface area contributed by atoms with E-state index in [-0.39, 0.29) is 0 Å². The second kappa shape index (κ2) is 3.07. The standard InChI is InChI=1S/C8H9NO/c9-5-8(6-10)7-3-1-2-4-7/h3,6,10H,1-2,4H2/b8-6+. The highest BCUT2D eigenvalue weighted by molar-refractivity contribution is 5.41. The number of nitrogens with zero attached hydrogens (tertiary/aromatic N) is 1. The zero-order chi connectivity index (χ0) is 7.40. The molecular weight excluding hydrogens is 126 g/mol. The second-order valence-electron chi connectivity index (χ2n) is 2.28. The smallest absolute Gasteiger partial charge is 0.103 e. The maximum atomic E-state index is 8.56. The largest absolute Gasteiger partial charge is 0.514 e. The number of hydrogen-bond acceptors (Lipinski definition) is 2. The third-order valence-corrected chi connectivity index (χ3v) is 1.64. The lowest BCUT2D eigenvalue weighted by Gasteiger charge is -1.93. The lowest BCUT2D eigenvalue weighted by molar-refractivity contribution is 0.470. The van der Waals surface area contributed by atoms with Gasteiger partial charge in [-0.3, -0.25) is 0 Å². The van der Waals surface area contributed by atoms with Crippen LogP contribution in [0.4, 0.5) is 0 Å². The van der Waals surface area contributed by atoms with Crippen molar-refractivity contribution in [3.05, 3.63) is 23.5 Å². The van der Waals surface area contributed by atoms with Gasteiger partial charge in [-0.15, -0.1) is 0 Å². The Morgan fingerprint density at radius 1 is 1.80 bits per heavy atom. The third kappa shape index (κ3) is 1.19. The van der Waals surface area contributed by atoms with Crippen LogP contribution in [0.1, 0.15) is 19.3 Å². The van der Waals surface area contributed by atoms with E-state index >= 15 is 0 Å². The van der Waals surface area contributed by atoms with Gasteiger partial charge in [0.1, 0.15) is 6.07 Å². The van der Waals surface area contributed by atoms with Gasteiger partial charge in [0, 0.05) is 0 Å². The molecule has 1 aliphatic carbocycles. The number of allylic oxidation sites excluding steroid dienone is 3. The first-order chi connectivity index (χ1) is 4.88. The lowest BCUT2D eigenvalue weighted by atomic mass is 10.1. The van der Waals surface area contributed by atoms with E-state index in [0.717, 1.165) is 31.1 Å². The SMILES string of the molecule is N#C/C(=C\O)C1=CCCC1. The van der Waals surface area contributed by atoms with Gasteiger partial charge < -0.3 is 5.11 Å². The summed E-state index contributed by atoms with van der Waals surface area (Å²) < 4.78 is 0. The van der Waals surface area contributed by atoms with Crippen LogP contribution in [0.15, 0.2) is 23.5 Å². The Bertz CT molecular complexity index is 220. The predicted molar refractivity (Wildman–Crippen MR) is 38.3 cm³/mol. The Morgan fingerprint density at radius 2 is 2.60 bits per heavy atom. The molecule has 1 N–H and O–H groups in total. The zero-order valence-electron chi connectivity index (χ0n) is 5.67. The second-order valence-corrected chi connectivity index (χ2v) is 2.28. The summed E-state index contributed by atoms with van der Waals surface area (Å²) in [6.45, 7) is 0. The fraction of sp³-hybridized carbons (Fsp3) is 0.375. The Kier molecular flexibility index (Phi) is 2.11. The molecular formula is C8H9NO. The third-order valence-electron chi connectivity index (χ3n) is 1.64. The molecule has 0 aromatic carbocycles. The molecule has 0 aromatic heterocycles. The van der Waals surface area contributed by atoms with Crippen molar-refractivity contribution in [3.63, 3.8) is 0 Å². The molecule has 0 saturated heterocycles. The summed E-state index contributed by atoms with van der Waals surface area (Å²) in [5, 5.41) is 17.0. The summed E-state index contributed by atoms with van der Waals surface area (Å²) in [7, 11) is 0. The van der Waals surface area contributed by atoms with E-state index in [9.17, 15) is 0 Å². The minimum Gasteiger partial charge on any atom is -0.514 e. The highest BCUT2D eigenvalue weighted by atomic mass is 16.2. The molecule has 0 amide bonds. The minimum absolute atomic E-state index is 0.414. The molecule has 0 aromatic rings. The summed E-state index contributed by atoms with van der Waals surface area (Å²) in [6, 6.07) is 1.94. The van der Waals surface area contributed by atoms with Crippen LogP contribution in [-0.4, -0.2) is 5.11 Å². The van der Waals surface area contributed by atoms with Crippen molar-refractivity contribution >= 4 is 0 Å². The molecule has 2 nitrogen and oxygen atoms in total. The van der Waals surface area contributed by atoms with E-state index in [1.165, 1.54) is 0 Å². The molecule has 0 bridgehead atoms. The molecule has 1 aliphatic rings. The van der Waals surface area contributed by atoms with Crippen LogP contribution in [0.5, 0.6) is 0 Å². The van der Waals surface area contributed by atoms with Crippen LogP contribution in [0, 0.1) is 11.3 Å². The molecule has 0 atom stereocenters. The molecule has 52 valence electrons. The maximum absolute atomic E-state index is 8.56. The average Bonchev–Trinajstić information content (AvgIpc) is 2.43. The molecule has 0 heterocycles. The number of aliphatic hydroxyl groups excluding tert-OH is 1. The summed E-state index contributed by atoms with van der Waals surface area (Å²) in [5.74, 6) is 0. The molecule has 10 heavy (non-hydrogen) atoms. The van der Waals surface area contributed by atoms with Crippen LogP contribution in [0.3, 0.4) is 0 Å². The topological polar surface area (TPSA) is 44.0 Å². The van der Waals surface area contributed by atoms with Gasteiger partial charge in [0.2, 0.25) is 0 Å². The molecule has 0 unspecified atom stereocenters. The molecule has 0 spiro atoms. The molecule has 0 radical (unpaired) electrons. The van der Waals surface area contributed by atoms with E-state index in [2.05, 4.69) is 0 Å². The van der Waals surface area contributed by atoms with Crippen LogP contribution < -0.4 is 0 Å². The van der Waals surface area contributed by atoms with E-state index < -0.39 is 0 Å². The van der Waals surface area contributed by atoms with Crippen molar-refractivity contribution in [2.75, 3.05) is 0 Å². The molecule has 0 fully saturated rings. The predicted octanol–water partition coefficient (Wildman–Crippen LogP) is 2.06. The average molecular weight is 135 g/mol. The van der Waals surface area contributed by atoms with E-state index in [0.29, 0.717) is 5.57 Å². The minimum atomic E-state index is 0.414. The quantitative estimate of drug-likeness (QED) is 0.441. The summed E-state index contributed by atoms with van der Waals surface area (Å²) in [5.41, 5.74) is 1.41. The highest BCUT2D eigenvalue weighted by Crippen LogP contribution is 2.23. The normalized spacial score (nSPS) is 18.3. The van der Waals surface area contributed by atoms with Crippen LogP contribution in [0.25, 0.3) is 0 Å². The molecule has 2 heteroatoms. The maximum Gasteiger partial charge on any atom is 0.103 e. The monoisotopic (exact) mass is 135 g/mol. The molecule has 0 saturated carbocycles. The number of rotatable bonds is 1. The van der Waals surface area contributed by atoms with E-state index in [1.807, 2.05) is 12.1 Å². The summed E-state index contributed by atoms with van der Waals surface area (Å²) in [6.07, 6.45) is 5.96. The number of nitriles is 1. The van der Waals surface area contributed by atoms with Crippen molar-refractivity contribution in [1.29, 1.82) is 5.26 Å². The Hall–Kier alpha value is -1.23. The van der Waals surface area contributed by atoms with Crippen LogP contribution in [0.2, 0.25) is 0 Å². The van der Waals surface area contributed by atoms with E-state index in [4.69, 9.17) is 10.4 Å². The van der Waals surface area contributed by atoms with Gasteiger partial charge >= 0.3 is 0 Å².